The van der Waals surface area contributed by atoms with Gasteiger partial charge in [-0.05, 0) is 38.5 Å². The summed E-state index contributed by atoms with van der Waals surface area (Å²) in [6.07, 6.45) is 15.9. The van der Waals surface area contributed by atoms with E-state index in [4.69, 9.17) is 18.5 Å². The number of carbonyl (C=O) groups excluding carboxylic acids is 2. The molecule has 0 aromatic rings. The fourth-order valence-corrected chi connectivity index (χ4v) is 8.28. The third kappa shape index (κ3) is 28.1. The first-order valence-electron chi connectivity index (χ1n) is 23.7. The van der Waals surface area contributed by atoms with Crippen LogP contribution in [0, 0.1) is 0 Å². The molecule has 0 heterocycles. The molecule has 1 aliphatic rings. The summed E-state index contributed by atoms with van der Waals surface area (Å²) in [5.41, 5.74) is 0. The standard InChI is InChI=1S/C45H85O15P/c1-3-5-7-8-9-10-11-12-13-14-15-16-20-23-27-31-38(48)57-33-35(34-58-61(55,56)60-45-43(53)41(51)40(50)42(52)44(45)54)59-39(49)32-28-24-21-18-17-19-22-26-30-37(47)36(46)29-25-6-4-2/h22,26,35-37,40-47,50-54H,3-21,23-25,27-34H2,1-2H3,(H,55,56)/b26-22-. The second-order valence-corrected chi connectivity index (χ2v) is 18.3. The minimum Gasteiger partial charge on any atom is -0.462 e. The van der Waals surface area contributed by atoms with Gasteiger partial charge in [0.15, 0.2) is 6.10 Å². The number of ether oxygens (including phenoxy) is 2. The highest BCUT2D eigenvalue weighted by Crippen LogP contribution is 2.47. The average Bonchev–Trinajstić information content (AvgIpc) is 3.23. The Morgan fingerprint density at radius 1 is 0.557 bits per heavy atom. The molecule has 0 bridgehead atoms. The molecule has 0 aliphatic heterocycles. The van der Waals surface area contributed by atoms with E-state index >= 15 is 0 Å². The van der Waals surface area contributed by atoms with Crippen LogP contribution in [0.1, 0.15) is 194 Å². The van der Waals surface area contributed by atoms with Crippen LogP contribution in [-0.4, -0.2) is 121 Å². The topological polar surface area (TPSA) is 250 Å². The molecule has 0 aromatic heterocycles. The molecule has 8 unspecified atom stereocenters. The Labute approximate surface area is 366 Å². The Balaban J connectivity index is 2.48. The molecule has 8 atom stereocenters. The van der Waals surface area contributed by atoms with E-state index in [0.29, 0.717) is 25.7 Å². The van der Waals surface area contributed by atoms with Gasteiger partial charge in [0.1, 0.15) is 43.2 Å². The van der Waals surface area contributed by atoms with Gasteiger partial charge in [-0.1, -0.05) is 154 Å². The van der Waals surface area contributed by atoms with E-state index in [-0.39, 0.29) is 12.8 Å². The van der Waals surface area contributed by atoms with E-state index in [1.807, 2.05) is 12.2 Å². The van der Waals surface area contributed by atoms with Crippen LogP contribution in [0.5, 0.6) is 0 Å². The van der Waals surface area contributed by atoms with Crippen LogP contribution in [0.15, 0.2) is 12.2 Å². The van der Waals surface area contributed by atoms with Crippen molar-refractivity contribution >= 4 is 19.8 Å². The molecular formula is C45H85O15P. The number of hydrogen-bond acceptors (Lipinski definition) is 14. The first-order valence-corrected chi connectivity index (χ1v) is 25.2. The number of aliphatic hydroxyl groups is 7. The zero-order valence-electron chi connectivity index (χ0n) is 37.4. The van der Waals surface area contributed by atoms with Crippen molar-refractivity contribution in [3.05, 3.63) is 12.2 Å². The number of rotatable bonds is 39. The Bertz CT molecular complexity index is 1160. The lowest BCUT2D eigenvalue weighted by Crippen LogP contribution is -2.64. The van der Waals surface area contributed by atoms with Crippen LogP contribution in [0.25, 0.3) is 0 Å². The third-order valence-electron chi connectivity index (χ3n) is 11.3. The summed E-state index contributed by atoms with van der Waals surface area (Å²) in [4.78, 5) is 35.7. The van der Waals surface area contributed by atoms with Gasteiger partial charge < -0.3 is 50.1 Å². The van der Waals surface area contributed by atoms with Gasteiger partial charge in [-0.15, -0.1) is 0 Å². The van der Waals surface area contributed by atoms with Crippen LogP contribution in [0.3, 0.4) is 0 Å². The van der Waals surface area contributed by atoms with E-state index in [1.165, 1.54) is 70.6 Å². The first-order chi connectivity index (χ1) is 29.2. The second kappa shape index (κ2) is 35.8. The quantitative estimate of drug-likeness (QED) is 0.0134. The number of hydrogen-bond donors (Lipinski definition) is 8. The fourth-order valence-electron chi connectivity index (χ4n) is 7.31. The van der Waals surface area contributed by atoms with Crippen LogP contribution < -0.4 is 0 Å². The van der Waals surface area contributed by atoms with Crippen molar-refractivity contribution in [3.63, 3.8) is 0 Å². The van der Waals surface area contributed by atoms with Crippen LogP contribution in [0.4, 0.5) is 0 Å². The van der Waals surface area contributed by atoms with E-state index in [1.54, 1.807) is 0 Å². The minimum absolute atomic E-state index is 0.0355. The summed E-state index contributed by atoms with van der Waals surface area (Å²) >= 11 is 0. The molecule has 0 aromatic carbocycles. The van der Waals surface area contributed by atoms with Gasteiger partial charge in [0.05, 0.1) is 18.8 Å². The summed E-state index contributed by atoms with van der Waals surface area (Å²) < 4.78 is 33.5. The monoisotopic (exact) mass is 897 g/mol. The highest BCUT2D eigenvalue weighted by molar-refractivity contribution is 7.47. The molecule has 1 rings (SSSR count). The largest absolute Gasteiger partial charge is 0.472 e. The average molecular weight is 897 g/mol. The zero-order chi connectivity index (χ0) is 45.3. The van der Waals surface area contributed by atoms with Crippen molar-refractivity contribution in [3.8, 4) is 0 Å². The molecule has 16 heteroatoms. The van der Waals surface area contributed by atoms with Gasteiger partial charge in [-0.2, -0.15) is 0 Å². The lowest BCUT2D eigenvalue weighted by atomic mass is 9.85. The number of phosphoric ester groups is 1. The smallest absolute Gasteiger partial charge is 0.462 e. The molecule has 1 aliphatic carbocycles. The Morgan fingerprint density at radius 3 is 1.52 bits per heavy atom. The molecular weight excluding hydrogens is 811 g/mol. The Morgan fingerprint density at radius 2 is 1.00 bits per heavy atom. The summed E-state index contributed by atoms with van der Waals surface area (Å²) in [5, 5.41) is 70.3. The molecule has 61 heavy (non-hydrogen) atoms. The number of allylic oxidation sites excluding steroid dienone is 1. The van der Waals surface area contributed by atoms with Gasteiger partial charge >= 0.3 is 19.8 Å². The highest BCUT2D eigenvalue weighted by Gasteiger charge is 2.51. The maximum absolute atomic E-state index is 12.8. The molecule has 15 nitrogen and oxygen atoms in total. The number of carbonyl (C=O) groups is 2. The molecule has 360 valence electrons. The Kier molecular flexibility index (Phi) is 33.8. The van der Waals surface area contributed by atoms with E-state index in [9.17, 15) is 54.8 Å². The number of aliphatic hydroxyl groups excluding tert-OH is 7. The van der Waals surface area contributed by atoms with Crippen molar-refractivity contribution < 1.29 is 73.3 Å². The summed E-state index contributed by atoms with van der Waals surface area (Å²) in [6, 6.07) is 0. The lowest BCUT2D eigenvalue weighted by molar-refractivity contribution is -0.220. The Hall–Kier alpha value is -1.49. The van der Waals surface area contributed by atoms with Crippen molar-refractivity contribution in [2.45, 2.75) is 249 Å². The lowest BCUT2D eigenvalue weighted by Gasteiger charge is -2.41. The maximum atomic E-state index is 12.8. The normalized spacial score (nSPS) is 23.1. The van der Waals surface area contributed by atoms with Gasteiger partial charge in [-0.25, -0.2) is 4.57 Å². The van der Waals surface area contributed by atoms with Gasteiger partial charge in [0.2, 0.25) is 0 Å². The summed E-state index contributed by atoms with van der Waals surface area (Å²) in [6.45, 7) is 3.10. The SMILES string of the molecule is CCCCCCCCCCCCCCCCCC(=O)OCC(COP(=O)(O)OC1C(O)C(O)C(O)C(O)C1O)OC(=O)CCCCCCC/C=C\CC(O)C(O)CCCCC. The fraction of sp³-hybridized carbons (Fsp3) is 0.911. The van der Waals surface area contributed by atoms with E-state index < -0.39 is 87.9 Å². The van der Waals surface area contributed by atoms with Crippen molar-refractivity contribution in [1.29, 1.82) is 0 Å². The second-order valence-electron chi connectivity index (χ2n) is 16.9. The zero-order valence-corrected chi connectivity index (χ0v) is 38.3. The van der Waals surface area contributed by atoms with Gasteiger partial charge in [0, 0.05) is 12.8 Å². The molecule has 1 saturated carbocycles. The predicted molar refractivity (Wildman–Crippen MR) is 233 cm³/mol. The molecule has 0 saturated heterocycles. The number of esters is 2. The number of unbranched alkanes of at least 4 members (excludes halogenated alkanes) is 21. The molecule has 1 fully saturated rings. The van der Waals surface area contributed by atoms with Crippen LogP contribution in [0.2, 0.25) is 0 Å². The minimum atomic E-state index is -5.14. The van der Waals surface area contributed by atoms with E-state index in [0.717, 1.165) is 70.6 Å². The molecule has 0 amide bonds. The predicted octanol–water partition coefficient (Wildman–Crippen LogP) is 7.00. The van der Waals surface area contributed by atoms with Crippen molar-refractivity contribution in [2.75, 3.05) is 13.2 Å². The maximum Gasteiger partial charge on any atom is 0.472 e. The summed E-state index contributed by atoms with van der Waals surface area (Å²) in [7, 11) is -5.14. The molecule has 0 spiro atoms. The van der Waals surface area contributed by atoms with Crippen LogP contribution >= 0.6 is 7.82 Å². The molecule has 0 radical (unpaired) electrons. The van der Waals surface area contributed by atoms with Gasteiger partial charge in [0.25, 0.3) is 0 Å². The van der Waals surface area contributed by atoms with Crippen molar-refractivity contribution in [1.82, 2.24) is 0 Å². The molecule has 8 N–H and O–H groups in total. The van der Waals surface area contributed by atoms with Gasteiger partial charge in [-0.3, -0.25) is 18.6 Å². The third-order valence-corrected chi connectivity index (χ3v) is 12.3. The van der Waals surface area contributed by atoms with E-state index in [2.05, 4.69) is 13.8 Å². The number of phosphoric acid groups is 1. The van der Waals surface area contributed by atoms with Crippen molar-refractivity contribution in [2.24, 2.45) is 0 Å². The summed E-state index contributed by atoms with van der Waals surface area (Å²) in [5.74, 6) is -1.17. The first kappa shape index (κ1) is 57.5. The highest BCUT2D eigenvalue weighted by atomic mass is 31.2. The van der Waals surface area contributed by atoms with Crippen LogP contribution in [-0.2, 0) is 32.7 Å².